The first-order valence-corrected chi connectivity index (χ1v) is 4.13. The van der Waals surface area contributed by atoms with E-state index in [2.05, 4.69) is 6.08 Å². The molecule has 0 aliphatic carbocycles. The molecule has 70 valence electrons. The van der Waals surface area contributed by atoms with Crippen molar-refractivity contribution < 1.29 is 9.53 Å². The average Bonchev–Trinajstić information content (AvgIpc) is 1.81. The molecular formula is C10H18O2. The molecule has 0 radical (unpaired) electrons. The molecule has 0 rings (SSSR count). The summed E-state index contributed by atoms with van der Waals surface area (Å²) < 4.78 is 4.92. The highest BCUT2D eigenvalue weighted by Crippen LogP contribution is 2.19. The SMILES string of the molecule is CC(=O)OCC(C)(C)C=C(C)C. The molecule has 12 heavy (non-hydrogen) atoms. The minimum Gasteiger partial charge on any atom is -0.465 e. The molecule has 0 heterocycles. The van der Waals surface area contributed by atoms with Gasteiger partial charge in [-0.3, -0.25) is 4.79 Å². The summed E-state index contributed by atoms with van der Waals surface area (Å²) in [7, 11) is 0. The van der Waals surface area contributed by atoms with E-state index in [0.717, 1.165) is 0 Å². The fourth-order valence-electron chi connectivity index (χ4n) is 1.11. The Morgan fingerprint density at radius 2 is 1.83 bits per heavy atom. The first kappa shape index (κ1) is 11.2. The third-order valence-corrected chi connectivity index (χ3v) is 1.33. The Balaban J connectivity index is 4.05. The van der Waals surface area contributed by atoms with Crippen LogP contribution in [0, 0.1) is 5.41 Å². The smallest absolute Gasteiger partial charge is 0.302 e. The number of allylic oxidation sites excluding steroid dienone is 1. The van der Waals surface area contributed by atoms with Crippen LogP contribution in [-0.2, 0) is 9.53 Å². The van der Waals surface area contributed by atoms with Gasteiger partial charge in [-0.25, -0.2) is 0 Å². The maximum absolute atomic E-state index is 10.5. The number of carbonyl (C=O) groups is 1. The summed E-state index contributed by atoms with van der Waals surface area (Å²) in [6.45, 7) is 10.0. The van der Waals surface area contributed by atoms with E-state index in [4.69, 9.17) is 4.74 Å². The summed E-state index contributed by atoms with van der Waals surface area (Å²) in [6, 6.07) is 0. The molecule has 0 atom stereocenters. The normalized spacial score (nSPS) is 10.8. The van der Waals surface area contributed by atoms with Crippen LogP contribution < -0.4 is 0 Å². The van der Waals surface area contributed by atoms with Crippen molar-refractivity contribution in [3.63, 3.8) is 0 Å². The highest BCUT2D eigenvalue weighted by Gasteiger charge is 2.15. The van der Waals surface area contributed by atoms with Crippen LogP contribution in [0.2, 0.25) is 0 Å². The van der Waals surface area contributed by atoms with E-state index in [1.807, 2.05) is 27.7 Å². The second kappa shape index (κ2) is 4.29. The monoisotopic (exact) mass is 170 g/mol. The molecule has 0 aromatic carbocycles. The van der Waals surface area contributed by atoms with Crippen LogP contribution in [0.25, 0.3) is 0 Å². The van der Waals surface area contributed by atoms with Gasteiger partial charge in [-0.05, 0) is 13.8 Å². The number of carbonyl (C=O) groups excluding carboxylic acids is 1. The second-order valence-corrected chi connectivity index (χ2v) is 3.99. The summed E-state index contributed by atoms with van der Waals surface area (Å²) in [5.41, 5.74) is 1.19. The lowest BCUT2D eigenvalue weighted by atomic mass is 9.92. The summed E-state index contributed by atoms with van der Waals surface area (Å²) in [4.78, 5) is 10.5. The van der Waals surface area contributed by atoms with E-state index >= 15 is 0 Å². The lowest BCUT2D eigenvalue weighted by Gasteiger charge is -2.20. The molecule has 0 fully saturated rings. The molecule has 0 saturated heterocycles. The van der Waals surface area contributed by atoms with E-state index in [1.165, 1.54) is 12.5 Å². The zero-order chi connectivity index (χ0) is 9.78. The summed E-state index contributed by atoms with van der Waals surface area (Å²) >= 11 is 0. The van der Waals surface area contributed by atoms with Crippen LogP contribution in [0.1, 0.15) is 34.6 Å². The van der Waals surface area contributed by atoms with Crippen molar-refractivity contribution in [2.75, 3.05) is 6.61 Å². The van der Waals surface area contributed by atoms with Gasteiger partial charge in [0.1, 0.15) is 0 Å². The van der Waals surface area contributed by atoms with Gasteiger partial charge in [0, 0.05) is 12.3 Å². The first-order chi connectivity index (χ1) is 5.33. The molecule has 0 N–H and O–H groups in total. The summed E-state index contributed by atoms with van der Waals surface area (Å²) in [5.74, 6) is -0.217. The number of rotatable bonds is 3. The Hall–Kier alpha value is -0.790. The third-order valence-electron chi connectivity index (χ3n) is 1.33. The Labute approximate surface area is 74.6 Å². The number of hydrogen-bond acceptors (Lipinski definition) is 2. The van der Waals surface area contributed by atoms with Crippen molar-refractivity contribution in [1.29, 1.82) is 0 Å². The van der Waals surface area contributed by atoms with Crippen LogP contribution in [0.15, 0.2) is 11.6 Å². The molecule has 0 bridgehead atoms. The van der Waals surface area contributed by atoms with E-state index in [1.54, 1.807) is 0 Å². The minimum atomic E-state index is -0.217. The molecule has 0 saturated carbocycles. The van der Waals surface area contributed by atoms with Crippen molar-refractivity contribution >= 4 is 5.97 Å². The van der Waals surface area contributed by atoms with Gasteiger partial charge in [0.15, 0.2) is 0 Å². The lowest BCUT2D eigenvalue weighted by Crippen LogP contribution is -2.18. The third kappa shape index (κ3) is 5.96. The Morgan fingerprint density at radius 1 is 1.33 bits per heavy atom. The number of esters is 1. The molecular weight excluding hydrogens is 152 g/mol. The van der Waals surface area contributed by atoms with Crippen molar-refractivity contribution in [3.05, 3.63) is 11.6 Å². The summed E-state index contributed by atoms with van der Waals surface area (Å²) in [5, 5.41) is 0. The van der Waals surface area contributed by atoms with Crippen LogP contribution in [-0.4, -0.2) is 12.6 Å². The Kier molecular flexibility index (Phi) is 4.01. The zero-order valence-corrected chi connectivity index (χ0v) is 8.60. The lowest BCUT2D eigenvalue weighted by molar-refractivity contribution is -0.143. The van der Waals surface area contributed by atoms with Gasteiger partial charge in [0.05, 0.1) is 6.61 Å². The van der Waals surface area contributed by atoms with E-state index in [-0.39, 0.29) is 11.4 Å². The van der Waals surface area contributed by atoms with Crippen LogP contribution in [0.5, 0.6) is 0 Å². The molecule has 0 spiro atoms. The molecule has 0 aromatic rings. The van der Waals surface area contributed by atoms with Crippen LogP contribution in [0.4, 0.5) is 0 Å². The van der Waals surface area contributed by atoms with E-state index < -0.39 is 0 Å². The molecule has 0 amide bonds. The highest BCUT2D eigenvalue weighted by atomic mass is 16.5. The zero-order valence-electron chi connectivity index (χ0n) is 8.60. The predicted octanol–water partition coefficient (Wildman–Crippen LogP) is 2.54. The van der Waals surface area contributed by atoms with Crippen molar-refractivity contribution in [2.45, 2.75) is 34.6 Å². The van der Waals surface area contributed by atoms with Crippen molar-refractivity contribution in [2.24, 2.45) is 5.41 Å². The first-order valence-electron chi connectivity index (χ1n) is 4.13. The van der Waals surface area contributed by atoms with Crippen LogP contribution >= 0.6 is 0 Å². The fourth-order valence-corrected chi connectivity index (χ4v) is 1.11. The fraction of sp³-hybridized carbons (Fsp3) is 0.700. The van der Waals surface area contributed by atoms with E-state index in [9.17, 15) is 4.79 Å². The minimum absolute atomic E-state index is 0.0511. The van der Waals surface area contributed by atoms with Gasteiger partial charge in [-0.15, -0.1) is 0 Å². The molecule has 2 heteroatoms. The van der Waals surface area contributed by atoms with Gasteiger partial charge in [-0.2, -0.15) is 0 Å². The number of hydrogen-bond donors (Lipinski definition) is 0. The molecule has 2 nitrogen and oxygen atoms in total. The summed E-state index contributed by atoms with van der Waals surface area (Å²) in [6.07, 6.45) is 2.11. The van der Waals surface area contributed by atoms with Gasteiger partial charge in [-0.1, -0.05) is 25.5 Å². The standard InChI is InChI=1S/C10H18O2/c1-8(2)6-10(4,5)7-12-9(3)11/h6H,7H2,1-5H3. The molecule has 0 aromatic heterocycles. The Morgan fingerprint density at radius 3 is 2.17 bits per heavy atom. The topological polar surface area (TPSA) is 26.3 Å². The molecule has 0 unspecified atom stereocenters. The highest BCUT2D eigenvalue weighted by molar-refractivity contribution is 5.65. The molecule has 0 aliphatic rings. The average molecular weight is 170 g/mol. The van der Waals surface area contributed by atoms with E-state index in [0.29, 0.717) is 6.61 Å². The van der Waals surface area contributed by atoms with Gasteiger partial charge in [0.25, 0.3) is 0 Å². The van der Waals surface area contributed by atoms with Crippen molar-refractivity contribution in [3.8, 4) is 0 Å². The quantitative estimate of drug-likeness (QED) is 0.480. The second-order valence-electron chi connectivity index (χ2n) is 3.99. The maximum Gasteiger partial charge on any atom is 0.302 e. The van der Waals surface area contributed by atoms with Gasteiger partial charge >= 0.3 is 5.97 Å². The van der Waals surface area contributed by atoms with Gasteiger partial charge in [0.2, 0.25) is 0 Å². The molecule has 0 aliphatic heterocycles. The predicted molar refractivity (Wildman–Crippen MR) is 49.8 cm³/mol. The van der Waals surface area contributed by atoms with Crippen LogP contribution in [0.3, 0.4) is 0 Å². The Bertz CT molecular complexity index is 186. The largest absolute Gasteiger partial charge is 0.465 e. The number of ether oxygens (including phenoxy) is 1. The maximum atomic E-state index is 10.5. The van der Waals surface area contributed by atoms with Gasteiger partial charge < -0.3 is 4.74 Å². The van der Waals surface area contributed by atoms with Crippen molar-refractivity contribution in [1.82, 2.24) is 0 Å².